The van der Waals surface area contributed by atoms with Crippen molar-refractivity contribution < 1.29 is 4.74 Å². The molecule has 0 bridgehead atoms. The smallest absolute Gasteiger partial charge is 0.191 e. The van der Waals surface area contributed by atoms with Crippen molar-refractivity contribution in [2.75, 3.05) is 45.3 Å². The second-order valence-electron chi connectivity index (χ2n) is 4.90. The zero-order valence-electron chi connectivity index (χ0n) is 14.2. The van der Waals surface area contributed by atoms with Crippen molar-refractivity contribution in [2.45, 2.75) is 26.8 Å². The van der Waals surface area contributed by atoms with Crippen molar-refractivity contribution in [3.63, 3.8) is 0 Å². The molecule has 0 saturated carbocycles. The molecule has 0 unspecified atom stereocenters. The molecule has 0 aliphatic carbocycles. The zero-order chi connectivity index (χ0) is 16.2. The maximum Gasteiger partial charge on any atom is 0.191 e. The molecule has 0 aromatic carbocycles. The van der Waals surface area contributed by atoms with Gasteiger partial charge in [-0.3, -0.25) is 4.99 Å². The maximum atomic E-state index is 5.02. The van der Waals surface area contributed by atoms with Crippen LogP contribution in [0.25, 0.3) is 0 Å². The molecule has 2 N–H and O–H groups in total. The third-order valence-electron chi connectivity index (χ3n) is 3.40. The summed E-state index contributed by atoms with van der Waals surface area (Å²) in [6.45, 7) is 8.51. The monoisotopic (exact) mass is 307 g/mol. The molecule has 0 amide bonds. The van der Waals surface area contributed by atoms with Gasteiger partial charge in [0.2, 0.25) is 0 Å². The fourth-order valence-corrected chi connectivity index (χ4v) is 2.09. The van der Waals surface area contributed by atoms with Crippen molar-refractivity contribution in [1.82, 2.24) is 15.6 Å². The summed E-state index contributed by atoms with van der Waals surface area (Å²) >= 11 is 0. The molecule has 0 radical (unpaired) electrons. The number of hydrogen-bond donors (Lipinski definition) is 2. The normalized spacial score (nSPS) is 11.4. The van der Waals surface area contributed by atoms with Crippen LogP contribution in [0.5, 0.6) is 0 Å². The van der Waals surface area contributed by atoms with Crippen molar-refractivity contribution in [3.8, 4) is 0 Å². The highest BCUT2D eigenvalue weighted by molar-refractivity contribution is 5.79. The molecule has 1 aromatic heterocycles. The van der Waals surface area contributed by atoms with E-state index in [1.807, 2.05) is 6.20 Å². The van der Waals surface area contributed by atoms with Crippen LogP contribution in [0.4, 0.5) is 5.82 Å². The summed E-state index contributed by atoms with van der Waals surface area (Å²) in [5, 5.41) is 6.54. The van der Waals surface area contributed by atoms with Crippen LogP contribution in [-0.2, 0) is 11.3 Å². The van der Waals surface area contributed by atoms with E-state index >= 15 is 0 Å². The minimum atomic E-state index is 0.704. The number of rotatable bonds is 9. The minimum Gasteiger partial charge on any atom is -0.385 e. The molecule has 1 heterocycles. The van der Waals surface area contributed by atoms with Crippen LogP contribution in [0.1, 0.15) is 25.8 Å². The van der Waals surface area contributed by atoms with Crippen LogP contribution < -0.4 is 15.5 Å². The Bertz CT molecular complexity index is 429. The first-order valence-electron chi connectivity index (χ1n) is 7.88. The van der Waals surface area contributed by atoms with Gasteiger partial charge in [-0.1, -0.05) is 6.07 Å². The van der Waals surface area contributed by atoms with Crippen LogP contribution in [0.15, 0.2) is 23.3 Å². The lowest BCUT2D eigenvalue weighted by atomic mass is 10.2. The number of aliphatic imine (C=N–C) groups is 1. The standard InChI is InChI=1S/C16H29N5O/c1-5-21(6-2)15-9-8-14(12-19-15)13-20-16(17-3)18-10-7-11-22-4/h8-9,12H,5-7,10-11,13H2,1-4H3,(H2,17,18,20). The van der Waals surface area contributed by atoms with Crippen LogP contribution >= 0.6 is 0 Å². The fourth-order valence-electron chi connectivity index (χ4n) is 2.09. The van der Waals surface area contributed by atoms with Gasteiger partial charge in [-0.25, -0.2) is 4.98 Å². The van der Waals surface area contributed by atoms with Crippen LogP contribution in [0.2, 0.25) is 0 Å². The molecule has 6 nitrogen and oxygen atoms in total. The van der Waals surface area contributed by atoms with Crippen LogP contribution in [0.3, 0.4) is 0 Å². The van der Waals surface area contributed by atoms with Crippen LogP contribution in [0, 0.1) is 0 Å². The van der Waals surface area contributed by atoms with Crippen molar-refractivity contribution >= 4 is 11.8 Å². The number of pyridine rings is 1. The molecule has 0 aliphatic heterocycles. The Balaban J connectivity index is 2.43. The van der Waals surface area contributed by atoms with Crippen LogP contribution in [-0.4, -0.2) is 51.3 Å². The number of anilines is 1. The number of methoxy groups -OCH3 is 1. The molecule has 0 atom stereocenters. The van der Waals surface area contributed by atoms with E-state index in [0.29, 0.717) is 6.54 Å². The fraction of sp³-hybridized carbons (Fsp3) is 0.625. The quantitative estimate of drug-likeness (QED) is 0.412. The van der Waals surface area contributed by atoms with Gasteiger partial charge in [0.25, 0.3) is 0 Å². The summed E-state index contributed by atoms with van der Waals surface area (Å²) in [7, 11) is 3.48. The first kappa shape index (κ1) is 18.2. The van der Waals surface area contributed by atoms with Crippen molar-refractivity contribution in [3.05, 3.63) is 23.9 Å². The number of aromatic nitrogens is 1. The minimum absolute atomic E-state index is 0.704. The van der Waals surface area contributed by atoms with Gasteiger partial charge in [-0.15, -0.1) is 0 Å². The predicted molar refractivity (Wildman–Crippen MR) is 92.5 cm³/mol. The summed E-state index contributed by atoms with van der Waals surface area (Å²) in [4.78, 5) is 10.9. The Morgan fingerprint density at radius 3 is 2.59 bits per heavy atom. The van der Waals surface area contributed by atoms with E-state index in [1.54, 1.807) is 14.2 Å². The summed E-state index contributed by atoms with van der Waals surface area (Å²) in [5.41, 5.74) is 1.13. The first-order valence-corrected chi connectivity index (χ1v) is 7.88. The second-order valence-corrected chi connectivity index (χ2v) is 4.90. The van der Waals surface area contributed by atoms with E-state index in [-0.39, 0.29) is 0 Å². The van der Waals surface area contributed by atoms with Gasteiger partial charge in [0.05, 0.1) is 0 Å². The van der Waals surface area contributed by atoms with Crippen molar-refractivity contribution in [2.24, 2.45) is 4.99 Å². The molecular weight excluding hydrogens is 278 g/mol. The average molecular weight is 307 g/mol. The maximum absolute atomic E-state index is 5.02. The van der Waals surface area contributed by atoms with Gasteiger partial charge in [0.1, 0.15) is 5.82 Å². The van der Waals surface area contributed by atoms with Gasteiger partial charge >= 0.3 is 0 Å². The van der Waals surface area contributed by atoms with Gasteiger partial charge in [0.15, 0.2) is 5.96 Å². The van der Waals surface area contributed by atoms with E-state index in [2.05, 4.69) is 51.5 Å². The predicted octanol–water partition coefficient (Wildman–Crippen LogP) is 1.63. The molecule has 1 aromatic rings. The SMILES string of the molecule is CCN(CC)c1ccc(CNC(=NC)NCCCOC)cn1. The topological polar surface area (TPSA) is 61.8 Å². The molecule has 0 aliphatic rings. The molecule has 22 heavy (non-hydrogen) atoms. The number of hydrogen-bond acceptors (Lipinski definition) is 4. The Hall–Kier alpha value is -1.82. The van der Waals surface area contributed by atoms with Gasteiger partial charge < -0.3 is 20.3 Å². The molecule has 124 valence electrons. The average Bonchev–Trinajstić information content (AvgIpc) is 2.56. The van der Waals surface area contributed by atoms with E-state index in [9.17, 15) is 0 Å². The highest BCUT2D eigenvalue weighted by Gasteiger charge is 2.03. The third-order valence-corrected chi connectivity index (χ3v) is 3.40. The number of ether oxygens (including phenoxy) is 1. The molecule has 6 heteroatoms. The zero-order valence-corrected chi connectivity index (χ0v) is 14.2. The molecule has 0 spiro atoms. The Morgan fingerprint density at radius 2 is 2.05 bits per heavy atom. The summed E-state index contributed by atoms with van der Waals surface area (Å²) in [6.07, 6.45) is 2.87. The van der Waals surface area contributed by atoms with E-state index in [1.165, 1.54) is 0 Å². The van der Waals surface area contributed by atoms with E-state index in [4.69, 9.17) is 4.74 Å². The number of guanidine groups is 1. The lowest BCUT2D eigenvalue weighted by molar-refractivity contribution is 0.195. The highest BCUT2D eigenvalue weighted by atomic mass is 16.5. The number of nitrogens with one attached hydrogen (secondary N) is 2. The molecule has 0 fully saturated rings. The Labute approximate surface area is 134 Å². The number of nitrogens with zero attached hydrogens (tertiary/aromatic N) is 3. The van der Waals surface area contributed by atoms with Gasteiger partial charge in [-0.05, 0) is 31.9 Å². The van der Waals surface area contributed by atoms with E-state index in [0.717, 1.165) is 50.0 Å². The third kappa shape index (κ3) is 6.30. The van der Waals surface area contributed by atoms with E-state index < -0.39 is 0 Å². The molecule has 0 saturated heterocycles. The summed E-state index contributed by atoms with van der Waals surface area (Å²) in [5.74, 6) is 1.82. The second kappa shape index (κ2) is 10.8. The molecule has 1 rings (SSSR count). The highest BCUT2D eigenvalue weighted by Crippen LogP contribution is 2.10. The summed E-state index contributed by atoms with van der Waals surface area (Å²) in [6, 6.07) is 4.17. The Kier molecular flexibility index (Phi) is 8.98. The molecular formula is C16H29N5O. The van der Waals surface area contributed by atoms with Gasteiger partial charge in [-0.2, -0.15) is 0 Å². The Morgan fingerprint density at radius 1 is 1.27 bits per heavy atom. The lowest BCUT2D eigenvalue weighted by Gasteiger charge is -2.19. The first-order chi connectivity index (χ1) is 10.7. The summed E-state index contributed by atoms with van der Waals surface area (Å²) < 4.78 is 5.02. The van der Waals surface area contributed by atoms with Crippen molar-refractivity contribution in [1.29, 1.82) is 0 Å². The van der Waals surface area contributed by atoms with Gasteiger partial charge in [0, 0.05) is 53.1 Å². The lowest BCUT2D eigenvalue weighted by Crippen LogP contribution is -2.37. The largest absolute Gasteiger partial charge is 0.385 e.